The molecule has 5 heteroatoms. The minimum atomic E-state index is -0.138. The number of hydrogen-bond donors (Lipinski definition) is 2. The van der Waals surface area contributed by atoms with Crippen molar-refractivity contribution in [1.29, 1.82) is 5.26 Å². The van der Waals surface area contributed by atoms with Crippen molar-refractivity contribution >= 4 is 0 Å². The van der Waals surface area contributed by atoms with Gasteiger partial charge in [0.15, 0.2) is 11.5 Å². The number of benzene rings is 1. The van der Waals surface area contributed by atoms with E-state index in [0.29, 0.717) is 6.54 Å². The first-order valence-electron chi connectivity index (χ1n) is 4.28. The molecule has 0 radical (unpaired) electrons. The number of phenolic OH excluding ortho intramolecular Hbond substituents is 1. The number of nitriles is 1. The largest absolute Gasteiger partial charge is 0.503 e. The number of rotatable bonds is 4. The molecular weight excluding hydrogens is 196 g/mol. The summed E-state index contributed by atoms with van der Waals surface area (Å²) < 4.78 is 4.94. The average Bonchev–Trinajstić information content (AvgIpc) is 2.27. The van der Waals surface area contributed by atoms with Gasteiger partial charge in [0, 0.05) is 6.54 Å². The maximum absolute atomic E-state index is 9.54. The minimum Gasteiger partial charge on any atom is -0.503 e. The van der Waals surface area contributed by atoms with E-state index >= 15 is 0 Å². The molecule has 1 aromatic rings. The fourth-order valence-electron chi connectivity index (χ4n) is 1.16. The van der Waals surface area contributed by atoms with E-state index in [1.54, 1.807) is 12.1 Å². The third-order valence-corrected chi connectivity index (χ3v) is 1.90. The molecule has 0 fully saturated rings. The number of ether oxygens (including phenoxy) is 1. The molecule has 0 amide bonds. The van der Waals surface area contributed by atoms with E-state index in [1.807, 2.05) is 6.07 Å². The van der Waals surface area contributed by atoms with E-state index in [0.717, 1.165) is 5.56 Å². The molecule has 0 aromatic heterocycles. The average molecular weight is 208 g/mol. The molecule has 1 rings (SSSR count). The Morgan fingerprint density at radius 1 is 1.47 bits per heavy atom. The van der Waals surface area contributed by atoms with Crippen LogP contribution in [-0.2, 0) is 11.4 Å². The molecule has 0 aliphatic rings. The van der Waals surface area contributed by atoms with Gasteiger partial charge in [-0.15, -0.1) is 0 Å². The molecule has 2 N–H and O–H groups in total. The van der Waals surface area contributed by atoms with E-state index in [9.17, 15) is 5.11 Å². The van der Waals surface area contributed by atoms with Crippen LogP contribution in [0.4, 0.5) is 0 Å². The van der Waals surface area contributed by atoms with Gasteiger partial charge in [-0.2, -0.15) is 10.7 Å². The van der Waals surface area contributed by atoms with Crippen molar-refractivity contribution in [3.8, 4) is 17.6 Å². The fourth-order valence-corrected chi connectivity index (χ4v) is 1.16. The van der Waals surface area contributed by atoms with Crippen LogP contribution in [0, 0.1) is 11.3 Å². The molecule has 5 nitrogen and oxygen atoms in total. The molecule has 0 unspecified atom stereocenters. The first-order chi connectivity index (χ1) is 7.22. The van der Waals surface area contributed by atoms with Gasteiger partial charge in [-0.3, -0.25) is 0 Å². The highest BCUT2D eigenvalue weighted by atomic mass is 16.6. The summed E-state index contributed by atoms with van der Waals surface area (Å²) in [6.07, 6.45) is 0. The lowest BCUT2D eigenvalue weighted by Gasteiger charge is -2.08. The third-order valence-electron chi connectivity index (χ3n) is 1.90. The van der Waals surface area contributed by atoms with E-state index < -0.39 is 0 Å². The van der Waals surface area contributed by atoms with Gasteiger partial charge in [-0.05, 0) is 17.7 Å². The number of aromatic hydroxyl groups is 1. The Morgan fingerprint density at radius 3 is 2.73 bits per heavy atom. The van der Waals surface area contributed by atoms with E-state index in [-0.39, 0.29) is 17.1 Å². The normalized spacial score (nSPS) is 9.67. The van der Waals surface area contributed by atoms with Crippen molar-refractivity contribution in [2.24, 2.45) is 0 Å². The lowest BCUT2D eigenvalue weighted by Crippen LogP contribution is -2.10. The molecule has 0 aliphatic heterocycles. The highest BCUT2D eigenvalue weighted by molar-refractivity contribution is 5.53. The van der Waals surface area contributed by atoms with Crippen LogP contribution in [0.3, 0.4) is 0 Å². The van der Waals surface area contributed by atoms with Gasteiger partial charge in [0.2, 0.25) is 0 Å². The number of phenols is 1. The van der Waals surface area contributed by atoms with Crippen molar-refractivity contribution in [3.05, 3.63) is 23.3 Å². The van der Waals surface area contributed by atoms with Crippen molar-refractivity contribution in [2.75, 3.05) is 14.2 Å². The molecule has 0 saturated carbocycles. The lowest BCUT2D eigenvalue weighted by molar-refractivity contribution is 0.0866. The zero-order valence-corrected chi connectivity index (χ0v) is 8.57. The fraction of sp³-hybridized carbons (Fsp3) is 0.300. The van der Waals surface area contributed by atoms with Crippen LogP contribution in [0.25, 0.3) is 0 Å². The molecule has 0 heterocycles. The summed E-state index contributed by atoms with van der Waals surface area (Å²) >= 11 is 0. The monoisotopic (exact) mass is 208 g/mol. The van der Waals surface area contributed by atoms with Gasteiger partial charge in [0.05, 0.1) is 19.8 Å². The van der Waals surface area contributed by atoms with Crippen molar-refractivity contribution in [3.63, 3.8) is 0 Å². The highest BCUT2D eigenvalue weighted by Crippen LogP contribution is 2.30. The first kappa shape index (κ1) is 11.3. The predicted molar refractivity (Wildman–Crippen MR) is 53.2 cm³/mol. The Morgan fingerprint density at radius 2 is 2.20 bits per heavy atom. The third kappa shape index (κ3) is 2.59. The summed E-state index contributed by atoms with van der Waals surface area (Å²) in [6, 6.07) is 5.10. The van der Waals surface area contributed by atoms with Crippen molar-refractivity contribution < 1.29 is 14.7 Å². The molecule has 0 aliphatic carbocycles. The number of hydrogen-bond acceptors (Lipinski definition) is 5. The Kier molecular flexibility index (Phi) is 3.92. The smallest absolute Gasteiger partial charge is 0.175 e. The second-order valence-corrected chi connectivity index (χ2v) is 2.83. The zero-order valence-electron chi connectivity index (χ0n) is 8.57. The van der Waals surface area contributed by atoms with Gasteiger partial charge >= 0.3 is 0 Å². The predicted octanol–water partition coefficient (Wildman–Crippen LogP) is 0.923. The SMILES string of the molecule is CONCc1cc(C#N)c(O)c(OC)c1. The van der Waals surface area contributed by atoms with Crippen molar-refractivity contribution in [1.82, 2.24) is 5.48 Å². The molecule has 0 saturated heterocycles. The second kappa shape index (κ2) is 5.20. The molecule has 0 atom stereocenters. The quantitative estimate of drug-likeness (QED) is 0.720. The maximum Gasteiger partial charge on any atom is 0.175 e. The van der Waals surface area contributed by atoms with E-state index in [2.05, 4.69) is 10.3 Å². The van der Waals surface area contributed by atoms with Crippen LogP contribution < -0.4 is 10.2 Å². The van der Waals surface area contributed by atoms with Crippen molar-refractivity contribution in [2.45, 2.75) is 6.54 Å². The van der Waals surface area contributed by atoms with E-state index in [1.165, 1.54) is 14.2 Å². The number of nitrogens with zero attached hydrogens (tertiary/aromatic N) is 1. The van der Waals surface area contributed by atoms with Gasteiger partial charge in [-0.1, -0.05) is 0 Å². The highest BCUT2D eigenvalue weighted by Gasteiger charge is 2.09. The van der Waals surface area contributed by atoms with Crippen LogP contribution in [0.1, 0.15) is 11.1 Å². The molecule has 0 spiro atoms. The molecule has 80 valence electrons. The summed E-state index contributed by atoms with van der Waals surface area (Å²) in [4.78, 5) is 4.69. The summed E-state index contributed by atoms with van der Waals surface area (Å²) in [7, 11) is 2.94. The molecular formula is C10H12N2O3. The molecule has 0 bridgehead atoms. The first-order valence-corrected chi connectivity index (χ1v) is 4.28. The van der Waals surface area contributed by atoms with Crippen LogP contribution in [0.5, 0.6) is 11.5 Å². The number of nitrogens with one attached hydrogen (secondary N) is 1. The lowest BCUT2D eigenvalue weighted by atomic mass is 10.1. The number of hydroxylamine groups is 1. The zero-order chi connectivity index (χ0) is 11.3. The Balaban J connectivity index is 3.05. The van der Waals surface area contributed by atoms with Crippen LogP contribution >= 0.6 is 0 Å². The topological polar surface area (TPSA) is 74.5 Å². The summed E-state index contributed by atoms with van der Waals surface area (Å²) in [5.41, 5.74) is 3.62. The van der Waals surface area contributed by atoms with E-state index in [4.69, 9.17) is 10.00 Å². The maximum atomic E-state index is 9.54. The Bertz CT molecular complexity index is 385. The number of methoxy groups -OCH3 is 1. The summed E-state index contributed by atoms with van der Waals surface area (Å²) in [5, 5.41) is 18.3. The minimum absolute atomic E-state index is 0.138. The van der Waals surface area contributed by atoms with Crippen LogP contribution in [0.2, 0.25) is 0 Å². The summed E-state index contributed by atoms with van der Waals surface area (Å²) in [6.45, 7) is 0.432. The van der Waals surface area contributed by atoms with Gasteiger partial charge in [-0.25, -0.2) is 0 Å². The van der Waals surface area contributed by atoms with Gasteiger partial charge in [0.1, 0.15) is 6.07 Å². The standard InChI is InChI=1S/C10H12N2O3/c1-14-9-4-7(6-12-15-2)3-8(5-11)10(9)13/h3-4,12-13H,6H2,1-2H3. The molecule has 1 aromatic carbocycles. The second-order valence-electron chi connectivity index (χ2n) is 2.83. The van der Waals surface area contributed by atoms with Crippen LogP contribution in [0.15, 0.2) is 12.1 Å². The van der Waals surface area contributed by atoms with Crippen LogP contribution in [-0.4, -0.2) is 19.3 Å². The summed E-state index contributed by atoms with van der Waals surface area (Å²) in [5.74, 6) is 0.142. The molecule has 15 heavy (non-hydrogen) atoms. The van der Waals surface area contributed by atoms with Gasteiger partial charge in [0.25, 0.3) is 0 Å². The van der Waals surface area contributed by atoms with Gasteiger partial charge < -0.3 is 14.7 Å². The Labute approximate surface area is 87.8 Å². The Hall–Kier alpha value is -1.77.